The van der Waals surface area contributed by atoms with Gasteiger partial charge in [0.05, 0.1) is 11.1 Å². The van der Waals surface area contributed by atoms with Crippen molar-refractivity contribution in [1.82, 2.24) is 4.98 Å². The van der Waals surface area contributed by atoms with Crippen LogP contribution in [0.15, 0.2) is 103 Å². The van der Waals surface area contributed by atoms with Crippen LogP contribution in [0.3, 0.4) is 0 Å². The number of fused-ring (bicyclic) bond motifs is 2. The number of pyridine rings is 1. The fraction of sp³-hybridized carbons (Fsp3) is 0.0714. The summed E-state index contributed by atoms with van der Waals surface area (Å²) in [4.78, 5) is 19.6. The first-order valence-corrected chi connectivity index (χ1v) is 10.5. The first kappa shape index (κ1) is 19.9. The summed E-state index contributed by atoms with van der Waals surface area (Å²) in [7, 11) is 1.80. The lowest BCUT2D eigenvalue weighted by atomic mass is 9.85. The molecule has 1 N–H and O–H groups in total. The second kappa shape index (κ2) is 8.25. The van der Waals surface area contributed by atoms with Crippen LogP contribution in [-0.2, 0) is 4.79 Å². The van der Waals surface area contributed by atoms with Crippen LogP contribution in [0, 0.1) is 0 Å². The van der Waals surface area contributed by atoms with Gasteiger partial charge in [-0.1, -0.05) is 72.8 Å². The molecule has 0 amide bonds. The van der Waals surface area contributed by atoms with Gasteiger partial charge < -0.3 is 10.0 Å². The molecule has 1 unspecified atom stereocenters. The standard InChI is InChI=1S/C28H22N2O2/c1-30-24-15-6-5-12-22(24)26(20-9-3-2-4-10-20)27(28(30)32)25(31)17-16-19-11-7-14-23-21(19)13-8-18-29-23/h2-18,28,32H,1H3/b17-16+. The zero-order valence-corrected chi connectivity index (χ0v) is 17.6. The van der Waals surface area contributed by atoms with Crippen LogP contribution in [0.5, 0.6) is 0 Å². The minimum absolute atomic E-state index is 0.224. The summed E-state index contributed by atoms with van der Waals surface area (Å²) in [6.07, 6.45) is 4.05. The molecule has 3 aromatic carbocycles. The van der Waals surface area contributed by atoms with Crippen molar-refractivity contribution in [3.05, 3.63) is 119 Å². The summed E-state index contributed by atoms with van der Waals surface area (Å²) in [6, 6.07) is 27.3. The first-order chi connectivity index (χ1) is 15.6. The van der Waals surface area contributed by atoms with Crippen molar-refractivity contribution in [3.8, 4) is 0 Å². The van der Waals surface area contributed by atoms with Gasteiger partial charge in [-0.3, -0.25) is 9.78 Å². The number of carbonyl (C=O) groups is 1. The van der Waals surface area contributed by atoms with Crippen LogP contribution in [0.4, 0.5) is 5.69 Å². The summed E-state index contributed by atoms with van der Waals surface area (Å²) >= 11 is 0. The highest BCUT2D eigenvalue weighted by Gasteiger charge is 2.33. The van der Waals surface area contributed by atoms with E-state index >= 15 is 0 Å². The number of ketones is 1. The molecular formula is C28H22N2O2. The zero-order chi connectivity index (χ0) is 22.1. The third-order valence-corrected chi connectivity index (χ3v) is 5.87. The Labute approximate surface area is 186 Å². The van der Waals surface area contributed by atoms with E-state index in [9.17, 15) is 9.90 Å². The molecule has 0 aliphatic carbocycles. The number of hydrogen-bond donors (Lipinski definition) is 1. The van der Waals surface area contributed by atoms with Crippen LogP contribution in [0.2, 0.25) is 0 Å². The Morgan fingerprint density at radius 3 is 2.56 bits per heavy atom. The number of aliphatic hydroxyl groups is 1. The Morgan fingerprint density at radius 2 is 1.72 bits per heavy atom. The zero-order valence-electron chi connectivity index (χ0n) is 17.6. The second-order valence-corrected chi connectivity index (χ2v) is 7.77. The third kappa shape index (κ3) is 3.41. The number of carbonyl (C=O) groups excluding carboxylic acids is 1. The molecule has 0 saturated heterocycles. The highest BCUT2D eigenvalue weighted by molar-refractivity contribution is 6.16. The highest BCUT2D eigenvalue weighted by Crippen LogP contribution is 2.40. The number of para-hydroxylation sites is 1. The normalized spacial score (nSPS) is 15.9. The van der Waals surface area contributed by atoms with E-state index in [0.29, 0.717) is 5.57 Å². The number of hydrogen-bond acceptors (Lipinski definition) is 4. The van der Waals surface area contributed by atoms with Gasteiger partial charge in [-0.2, -0.15) is 0 Å². The first-order valence-electron chi connectivity index (χ1n) is 10.5. The van der Waals surface area contributed by atoms with Crippen molar-refractivity contribution in [2.45, 2.75) is 6.23 Å². The van der Waals surface area contributed by atoms with Gasteiger partial charge in [0.25, 0.3) is 0 Å². The second-order valence-electron chi connectivity index (χ2n) is 7.77. The Morgan fingerprint density at radius 1 is 0.938 bits per heavy atom. The topological polar surface area (TPSA) is 53.4 Å². The SMILES string of the molecule is CN1c2ccccc2C(c2ccccc2)=C(C(=O)/C=C/c2cccc3ncccc23)C1O. The maximum atomic E-state index is 13.5. The molecule has 0 saturated carbocycles. The van der Waals surface area contributed by atoms with Crippen LogP contribution in [0.1, 0.15) is 16.7 Å². The average molecular weight is 418 g/mol. The number of aliphatic hydroxyl groups excluding tert-OH is 1. The predicted octanol–water partition coefficient (Wildman–Crippen LogP) is 5.09. The van der Waals surface area contributed by atoms with E-state index in [1.54, 1.807) is 30.3 Å². The average Bonchev–Trinajstić information content (AvgIpc) is 2.85. The summed E-state index contributed by atoms with van der Waals surface area (Å²) in [5.41, 5.74) is 5.63. The third-order valence-electron chi connectivity index (χ3n) is 5.87. The molecule has 4 nitrogen and oxygen atoms in total. The van der Waals surface area contributed by atoms with Gasteiger partial charge in [0.15, 0.2) is 12.0 Å². The minimum atomic E-state index is -1.05. The van der Waals surface area contributed by atoms with E-state index in [2.05, 4.69) is 4.98 Å². The Bertz CT molecular complexity index is 1370. The van der Waals surface area contributed by atoms with Gasteiger partial charge in [0, 0.05) is 35.5 Å². The molecule has 32 heavy (non-hydrogen) atoms. The Kier molecular flexibility index (Phi) is 5.13. The van der Waals surface area contributed by atoms with E-state index in [4.69, 9.17) is 0 Å². The summed E-state index contributed by atoms with van der Waals surface area (Å²) in [5, 5.41) is 12.1. The lowest BCUT2D eigenvalue weighted by Gasteiger charge is -2.35. The maximum Gasteiger partial charge on any atom is 0.187 e. The van der Waals surface area contributed by atoms with Gasteiger partial charge in [-0.05, 0) is 35.4 Å². The Balaban J connectivity index is 1.65. The lowest BCUT2D eigenvalue weighted by molar-refractivity contribution is -0.112. The fourth-order valence-corrected chi connectivity index (χ4v) is 4.29. The van der Waals surface area contributed by atoms with Gasteiger partial charge in [-0.25, -0.2) is 0 Å². The molecule has 4 aromatic rings. The van der Waals surface area contributed by atoms with Crippen molar-refractivity contribution < 1.29 is 9.90 Å². The van der Waals surface area contributed by atoms with Gasteiger partial charge >= 0.3 is 0 Å². The van der Waals surface area contributed by atoms with E-state index in [-0.39, 0.29) is 5.78 Å². The summed E-state index contributed by atoms with van der Waals surface area (Å²) in [5.74, 6) is -0.224. The molecule has 5 rings (SSSR count). The van der Waals surface area contributed by atoms with E-state index in [0.717, 1.165) is 38.9 Å². The van der Waals surface area contributed by atoms with Crippen LogP contribution < -0.4 is 4.90 Å². The van der Waals surface area contributed by atoms with Crippen LogP contribution in [-0.4, -0.2) is 29.1 Å². The number of anilines is 1. The molecule has 1 aliphatic heterocycles. The molecule has 156 valence electrons. The van der Waals surface area contributed by atoms with Crippen molar-refractivity contribution in [1.29, 1.82) is 0 Å². The molecule has 0 spiro atoms. The van der Waals surface area contributed by atoms with E-state index in [1.807, 2.05) is 84.9 Å². The van der Waals surface area contributed by atoms with E-state index in [1.165, 1.54) is 0 Å². The highest BCUT2D eigenvalue weighted by atomic mass is 16.3. The van der Waals surface area contributed by atoms with E-state index < -0.39 is 6.23 Å². The molecule has 1 aromatic heterocycles. The lowest BCUT2D eigenvalue weighted by Crippen LogP contribution is -2.39. The maximum absolute atomic E-state index is 13.5. The number of allylic oxidation sites excluding steroid dienone is 1. The number of benzene rings is 3. The van der Waals surface area contributed by atoms with Crippen molar-refractivity contribution in [2.24, 2.45) is 0 Å². The predicted molar refractivity (Wildman–Crippen MR) is 129 cm³/mol. The minimum Gasteiger partial charge on any atom is -0.369 e. The number of rotatable bonds is 4. The number of nitrogens with zero attached hydrogens (tertiary/aromatic N) is 2. The molecule has 1 aliphatic rings. The molecule has 1 atom stereocenters. The van der Waals surface area contributed by atoms with Gasteiger partial charge in [0.2, 0.25) is 0 Å². The molecule has 0 radical (unpaired) electrons. The largest absolute Gasteiger partial charge is 0.369 e. The summed E-state index contributed by atoms with van der Waals surface area (Å²) < 4.78 is 0. The van der Waals surface area contributed by atoms with Crippen molar-refractivity contribution >= 4 is 34.0 Å². The fourth-order valence-electron chi connectivity index (χ4n) is 4.29. The van der Waals surface area contributed by atoms with Crippen molar-refractivity contribution in [3.63, 3.8) is 0 Å². The molecule has 0 fully saturated rings. The molecular weight excluding hydrogens is 396 g/mol. The molecule has 2 heterocycles. The van der Waals surface area contributed by atoms with Crippen LogP contribution >= 0.6 is 0 Å². The van der Waals surface area contributed by atoms with Crippen molar-refractivity contribution in [2.75, 3.05) is 11.9 Å². The smallest absolute Gasteiger partial charge is 0.187 e. The van der Waals surface area contributed by atoms with Crippen LogP contribution in [0.25, 0.3) is 22.6 Å². The van der Waals surface area contributed by atoms with Gasteiger partial charge in [-0.15, -0.1) is 0 Å². The molecule has 4 heteroatoms. The number of likely N-dealkylation sites (N-methyl/N-ethyl adjacent to an activating group) is 1. The quantitative estimate of drug-likeness (QED) is 0.469. The Hall–Kier alpha value is -4.02. The number of aromatic nitrogens is 1. The van der Waals surface area contributed by atoms with Gasteiger partial charge in [0.1, 0.15) is 0 Å². The monoisotopic (exact) mass is 418 g/mol. The summed E-state index contributed by atoms with van der Waals surface area (Å²) in [6.45, 7) is 0. The molecule has 0 bridgehead atoms.